The van der Waals surface area contributed by atoms with Gasteiger partial charge in [-0.2, -0.15) is 0 Å². The van der Waals surface area contributed by atoms with Crippen LogP contribution in [0.15, 0.2) is 11.5 Å². The van der Waals surface area contributed by atoms with E-state index >= 15 is 0 Å². The summed E-state index contributed by atoms with van der Waals surface area (Å²) in [4.78, 5) is 22.7. The van der Waals surface area contributed by atoms with Gasteiger partial charge in [0.2, 0.25) is 4.93 Å². The second kappa shape index (κ2) is 8.19. The molecule has 23 heavy (non-hydrogen) atoms. The first-order valence-corrected chi connectivity index (χ1v) is 8.67. The summed E-state index contributed by atoms with van der Waals surface area (Å²) in [6.45, 7) is 1.38. The Morgan fingerprint density at radius 1 is 1.13 bits per heavy atom. The number of carbonyl (C=O) groups is 2. The van der Waals surface area contributed by atoms with Crippen molar-refractivity contribution >= 4 is 22.6 Å². The fourth-order valence-electron chi connectivity index (χ4n) is 2.60. The molecule has 9 heteroatoms. The number of hydrogen-bond donors (Lipinski definition) is 4. The third-order valence-electron chi connectivity index (χ3n) is 4.01. The number of ether oxygens (including phenoxy) is 1. The van der Waals surface area contributed by atoms with E-state index in [-0.39, 0.29) is 18.4 Å². The average Bonchev–Trinajstić information content (AvgIpc) is 2.54. The van der Waals surface area contributed by atoms with Crippen LogP contribution < -0.4 is 10.6 Å². The van der Waals surface area contributed by atoms with Crippen molar-refractivity contribution in [2.24, 2.45) is 5.92 Å². The first kappa shape index (κ1) is 19.3. The van der Waals surface area contributed by atoms with Gasteiger partial charge >= 0.3 is 5.97 Å². The predicted octanol–water partition coefficient (Wildman–Crippen LogP) is 0.172. The smallest absolute Gasteiger partial charge is 0.315 e. The highest BCUT2D eigenvalue weighted by Gasteiger charge is 2.41. The highest BCUT2D eigenvalue weighted by Crippen LogP contribution is 2.34. The Balaban J connectivity index is 3.04. The zero-order valence-corrected chi connectivity index (χ0v) is 14.4. The lowest BCUT2D eigenvalue weighted by atomic mass is 9.96. The number of rotatable bonds is 6. The zero-order chi connectivity index (χ0) is 17.6. The molecule has 3 N–H and O–H groups in total. The van der Waals surface area contributed by atoms with Gasteiger partial charge in [-0.05, 0) is 19.8 Å². The molecule has 8 nitrogen and oxygen atoms in total. The molecule has 0 aromatic carbocycles. The normalized spacial score (nSPS) is 19.5. The van der Waals surface area contributed by atoms with Gasteiger partial charge in [0.15, 0.2) is 16.6 Å². The lowest BCUT2D eigenvalue weighted by Crippen LogP contribution is -2.41. The van der Waals surface area contributed by atoms with E-state index in [2.05, 4.69) is 10.6 Å². The molecule has 1 saturated carbocycles. The molecule has 0 spiro atoms. The molecular formula is C14H24N2O6S. The van der Waals surface area contributed by atoms with Gasteiger partial charge in [-0.15, -0.1) is 0 Å². The van der Waals surface area contributed by atoms with E-state index in [0.717, 1.165) is 6.42 Å². The van der Waals surface area contributed by atoms with Gasteiger partial charge in [0.05, 0.1) is 11.5 Å². The molecule has 132 valence electrons. The van der Waals surface area contributed by atoms with E-state index in [1.165, 1.54) is 21.0 Å². The Hall–Kier alpha value is -1.77. The van der Waals surface area contributed by atoms with Crippen LogP contribution in [0, 0.1) is 5.92 Å². The van der Waals surface area contributed by atoms with Gasteiger partial charge < -0.3 is 20.5 Å². The molecule has 0 heterocycles. The van der Waals surface area contributed by atoms with Crippen LogP contribution in [0.1, 0.15) is 39.0 Å². The van der Waals surface area contributed by atoms with E-state index in [1.807, 2.05) is 0 Å². The molecular weight excluding hydrogens is 324 g/mol. The summed E-state index contributed by atoms with van der Waals surface area (Å²) in [5.74, 6) is -3.08. The number of aliphatic hydroxyl groups excluding tert-OH is 1. The number of thiol groups is 1. The standard InChI is InChI=1S/C14H24N2O6S/c1-9(10(11(17)15-2)12(18)16-3)13(19)22-14(23(20)21)7-5-4-6-8-14/h9,15,17,23H,4-8H2,1-3H3,(H,16,18)/b11-10+. The SMILES string of the molecule is CNC(=O)/C(=C(/O)NC)C(C)C(=O)OC1([SH](=O)=O)CCCCC1. The van der Waals surface area contributed by atoms with Crippen LogP contribution in [0.25, 0.3) is 0 Å². The Kier molecular flexibility index (Phi) is 6.86. The van der Waals surface area contributed by atoms with Crippen LogP contribution >= 0.6 is 0 Å². The first-order chi connectivity index (χ1) is 10.8. The van der Waals surface area contributed by atoms with Gasteiger partial charge in [-0.25, -0.2) is 8.42 Å². The monoisotopic (exact) mass is 348 g/mol. The molecule has 0 aliphatic heterocycles. The summed E-state index contributed by atoms with van der Waals surface area (Å²) in [7, 11) is -0.197. The van der Waals surface area contributed by atoms with E-state index in [4.69, 9.17) is 4.74 Å². The fraction of sp³-hybridized carbons (Fsp3) is 0.714. The van der Waals surface area contributed by atoms with Gasteiger partial charge in [0.25, 0.3) is 5.91 Å². The van der Waals surface area contributed by atoms with Crippen LogP contribution in [-0.2, 0) is 25.0 Å². The minimum atomic E-state index is -2.96. The minimum absolute atomic E-state index is 0.202. The second-order valence-electron chi connectivity index (χ2n) is 5.50. The Labute approximate surface area is 137 Å². The minimum Gasteiger partial charge on any atom is -0.494 e. The summed E-state index contributed by atoms with van der Waals surface area (Å²) in [6, 6.07) is 0. The molecule has 1 fully saturated rings. The summed E-state index contributed by atoms with van der Waals surface area (Å²) < 4.78 is 28.5. The van der Waals surface area contributed by atoms with Crippen molar-refractivity contribution in [3.05, 3.63) is 11.5 Å². The summed E-state index contributed by atoms with van der Waals surface area (Å²) >= 11 is 0. The number of esters is 1. The molecule has 1 unspecified atom stereocenters. The van der Waals surface area contributed by atoms with Crippen LogP contribution in [0.2, 0.25) is 0 Å². The van der Waals surface area contributed by atoms with Crippen molar-refractivity contribution in [2.75, 3.05) is 14.1 Å². The maximum absolute atomic E-state index is 12.4. The maximum atomic E-state index is 12.4. The molecule has 0 bridgehead atoms. The van der Waals surface area contributed by atoms with E-state index in [0.29, 0.717) is 12.8 Å². The summed E-state index contributed by atoms with van der Waals surface area (Å²) in [6.07, 6.45) is 2.71. The number of hydrogen-bond acceptors (Lipinski definition) is 7. The van der Waals surface area contributed by atoms with Crippen molar-refractivity contribution in [2.45, 2.75) is 44.0 Å². The number of amides is 1. The van der Waals surface area contributed by atoms with Gasteiger partial charge in [-0.1, -0.05) is 6.42 Å². The van der Waals surface area contributed by atoms with Crippen LogP contribution in [-0.4, -0.2) is 44.4 Å². The van der Waals surface area contributed by atoms with E-state index in [9.17, 15) is 23.1 Å². The van der Waals surface area contributed by atoms with Crippen molar-refractivity contribution in [3.63, 3.8) is 0 Å². The summed E-state index contributed by atoms with van der Waals surface area (Å²) in [5.41, 5.74) is -0.202. The van der Waals surface area contributed by atoms with Gasteiger partial charge in [-0.3, -0.25) is 9.59 Å². The van der Waals surface area contributed by atoms with Crippen molar-refractivity contribution in [1.29, 1.82) is 0 Å². The molecule has 1 rings (SSSR count). The quantitative estimate of drug-likeness (QED) is 0.234. The highest BCUT2D eigenvalue weighted by molar-refractivity contribution is 7.73. The number of carbonyl (C=O) groups excluding carboxylic acids is 2. The topological polar surface area (TPSA) is 122 Å². The van der Waals surface area contributed by atoms with Gasteiger partial charge in [0, 0.05) is 26.9 Å². The third kappa shape index (κ3) is 4.37. The number of likely N-dealkylation sites (N-methyl/N-ethyl adjacent to an activating group) is 1. The van der Waals surface area contributed by atoms with Crippen molar-refractivity contribution in [3.8, 4) is 0 Å². The largest absolute Gasteiger partial charge is 0.494 e. The molecule has 0 radical (unpaired) electrons. The molecule has 1 atom stereocenters. The second-order valence-corrected chi connectivity index (χ2v) is 6.83. The van der Waals surface area contributed by atoms with Gasteiger partial charge in [0.1, 0.15) is 0 Å². The molecule has 0 aromatic heterocycles. The Morgan fingerprint density at radius 2 is 1.70 bits per heavy atom. The highest BCUT2D eigenvalue weighted by atomic mass is 32.2. The third-order valence-corrected chi connectivity index (χ3v) is 5.21. The molecule has 1 aliphatic carbocycles. The average molecular weight is 348 g/mol. The van der Waals surface area contributed by atoms with Crippen molar-refractivity contribution < 1.29 is 27.9 Å². The molecule has 1 amide bonds. The number of aliphatic hydroxyl groups is 1. The Morgan fingerprint density at radius 3 is 2.13 bits per heavy atom. The van der Waals surface area contributed by atoms with Crippen LogP contribution in [0.3, 0.4) is 0 Å². The van der Waals surface area contributed by atoms with Crippen LogP contribution in [0.4, 0.5) is 0 Å². The predicted molar refractivity (Wildman–Crippen MR) is 84.2 cm³/mol. The van der Waals surface area contributed by atoms with E-state index < -0.39 is 39.3 Å². The van der Waals surface area contributed by atoms with Crippen molar-refractivity contribution in [1.82, 2.24) is 10.6 Å². The molecule has 1 aliphatic rings. The zero-order valence-electron chi connectivity index (χ0n) is 13.5. The fourth-order valence-corrected chi connectivity index (χ4v) is 3.44. The Bertz CT molecular complexity index is 556. The number of nitrogens with one attached hydrogen (secondary N) is 2. The molecule has 0 aromatic rings. The van der Waals surface area contributed by atoms with Crippen LogP contribution in [0.5, 0.6) is 0 Å². The van der Waals surface area contributed by atoms with E-state index in [1.54, 1.807) is 0 Å². The molecule has 0 saturated heterocycles. The first-order valence-electron chi connectivity index (χ1n) is 7.49. The lowest BCUT2D eigenvalue weighted by molar-refractivity contribution is -0.157. The maximum Gasteiger partial charge on any atom is 0.315 e. The lowest BCUT2D eigenvalue weighted by Gasteiger charge is -2.32. The summed E-state index contributed by atoms with van der Waals surface area (Å²) in [5, 5.41) is 14.5.